The van der Waals surface area contributed by atoms with E-state index in [9.17, 15) is 14.7 Å². The molecule has 0 aromatic rings. The molecule has 6 heteroatoms. The molecule has 0 radical (unpaired) electrons. The molecule has 8 atom stereocenters. The fourth-order valence-corrected chi connectivity index (χ4v) is 13.7. The first-order chi connectivity index (χ1) is 21.8. The van der Waals surface area contributed by atoms with Crippen molar-refractivity contribution in [3.05, 3.63) is 11.1 Å². The number of Topliss-reactive ketones (excluding diaryl/α,β-unsaturated/α-hetero) is 1. The fraction of sp³-hybridized carbons (Fsp3) is 0.902. The van der Waals surface area contributed by atoms with Gasteiger partial charge in [-0.15, -0.1) is 0 Å². The van der Waals surface area contributed by atoms with Crippen molar-refractivity contribution < 1.29 is 19.4 Å². The molecule has 3 unspecified atom stereocenters. The van der Waals surface area contributed by atoms with Crippen molar-refractivity contribution in [3.8, 4) is 0 Å². The highest BCUT2D eigenvalue weighted by atomic mass is 32.2. The Bertz CT molecular complexity index is 1270. The summed E-state index contributed by atoms with van der Waals surface area (Å²) in [5, 5.41) is 11.1. The maximum absolute atomic E-state index is 14.9. The van der Waals surface area contributed by atoms with Crippen LogP contribution in [0.1, 0.15) is 140 Å². The smallest absolute Gasteiger partial charge is 0.233 e. The van der Waals surface area contributed by atoms with Gasteiger partial charge in [-0.05, 0) is 121 Å². The van der Waals surface area contributed by atoms with E-state index in [4.69, 9.17) is 4.74 Å². The van der Waals surface area contributed by atoms with E-state index in [1.165, 1.54) is 24.8 Å². The second kappa shape index (κ2) is 12.1. The second-order valence-electron chi connectivity index (χ2n) is 19.5. The molecule has 47 heavy (non-hydrogen) atoms. The van der Waals surface area contributed by atoms with Crippen LogP contribution in [0, 0.1) is 50.7 Å². The third kappa shape index (κ3) is 5.54. The predicted octanol–water partition coefficient (Wildman–Crippen LogP) is 8.87. The van der Waals surface area contributed by atoms with Gasteiger partial charge in [0.15, 0.2) is 5.78 Å². The number of thioether (sulfide) groups is 1. The van der Waals surface area contributed by atoms with E-state index >= 15 is 0 Å². The summed E-state index contributed by atoms with van der Waals surface area (Å²) >= 11 is 1.94. The van der Waals surface area contributed by atoms with E-state index in [-0.39, 0.29) is 62.1 Å². The maximum atomic E-state index is 14.9. The summed E-state index contributed by atoms with van der Waals surface area (Å²) in [6.07, 6.45) is 10.6. The third-order valence-corrected chi connectivity index (χ3v) is 16.8. The number of allylic oxidation sites excluding steroid dienone is 1. The van der Waals surface area contributed by atoms with Gasteiger partial charge in [0, 0.05) is 30.0 Å². The number of hydrogen-bond acceptors (Lipinski definition) is 5. The Morgan fingerprint density at radius 1 is 0.915 bits per heavy atom. The third-order valence-electron chi connectivity index (χ3n) is 15.5. The molecular formula is C41H67NO4S. The first-order valence-electron chi connectivity index (χ1n) is 19.3. The molecule has 1 amide bonds. The van der Waals surface area contributed by atoms with Crippen molar-refractivity contribution in [1.29, 1.82) is 0 Å². The van der Waals surface area contributed by atoms with Crippen molar-refractivity contribution in [2.45, 2.75) is 157 Å². The minimum atomic E-state index is -0.654. The Kier molecular flexibility index (Phi) is 9.29. The van der Waals surface area contributed by atoms with Crippen molar-refractivity contribution in [3.63, 3.8) is 0 Å². The number of rotatable bonds is 6. The molecule has 0 aromatic carbocycles. The number of ether oxygens (including phenoxy) is 1. The minimum Gasteiger partial charge on any atom is -0.393 e. The molecule has 4 saturated carbocycles. The van der Waals surface area contributed by atoms with Gasteiger partial charge >= 0.3 is 0 Å². The quantitative estimate of drug-likeness (QED) is 0.286. The summed E-state index contributed by atoms with van der Waals surface area (Å²) in [5.41, 5.74) is 1.99. The van der Waals surface area contributed by atoms with Gasteiger partial charge in [-0.1, -0.05) is 69.2 Å². The lowest BCUT2D eigenvalue weighted by atomic mass is 9.33. The van der Waals surface area contributed by atoms with Gasteiger partial charge in [-0.2, -0.15) is 11.8 Å². The van der Waals surface area contributed by atoms with Gasteiger partial charge < -0.3 is 14.7 Å². The summed E-state index contributed by atoms with van der Waals surface area (Å²) in [4.78, 5) is 31.1. The monoisotopic (exact) mass is 669 g/mol. The Balaban J connectivity index is 1.26. The minimum absolute atomic E-state index is 0.0554. The normalized spacial score (nSPS) is 42.2. The van der Waals surface area contributed by atoms with Crippen LogP contribution in [-0.2, 0) is 14.3 Å². The standard InChI is InChI=1S/C41H67NO4S/c1-26(2)33-29(43)25-41(35(45)42-21-15-27(16-22-42)46-23-24-47-36(3,4)5)20-19-39(9)28(34(33)41)11-12-31-38(8)17-14-32(44)37(6,7)30(38)13-18-40(31,39)10/h26-28,30-32,44H,11-25H2,1-10H3/t28?,30?,31?,32-,38-,39+,40+,41+/m0/s1. The van der Waals surface area contributed by atoms with Crippen molar-refractivity contribution >= 4 is 23.5 Å². The Morgan fingerprint density at radius 3 is 2.23 bits per heavy atom. The maximum Gasteiger partial charge on any atom is 0.233 e. The molecule has 266 valence electrons. The molecule has 0 aromatic heterocycles. The Morgan fingerprint density at radius 2 is 1.60 bits per heavy atom. The number of piperidine rings is 1. The van der Waals surface area contributed by atoms with Crippen LogP contribution in [0.2, 0.25) is 0 Å². The first-order valence-corrected chi connectivity index (χ1v) is 20.3. The van der Waals surface area contributed by atoms with Crippen molar-refractivity contribution in [1.82, 2.24) is 4.90 Å². The fourth-order valence-electron chi connectivity index (χ4n) is 13.0. The van der Waals surface area contributed by atoms with Crippen LogP contribution in [0.15, 0.2) is 11.1 Å². The van der Waals surface area contributed by atoms with E-state index < -0.39 is 5.41 Å². The Hall–Kier alpha value is -0.850. The van der Waals surface area contributed by atoms with Gasteiger partial charge in [0.1, 0.15) is 0 Å². The van der Waals surface area contributed by atoms with Gasteiger partial charge in [-0.3, -0.25) is 9.59 Å². The molecule has 5 aliphatic carbocycles. The molecule has 1 saturated heterocycles. The number of hydrogen-bond donors (Lipinski definition) is 1. The Labute approximate surface area is 291 Å². The number of nitrogens with zero attached hydrogens (tertiary/aromatic N) is 1. The van der Waals surface area contributed by atoms with E-state index in [0.29, 0.717) is 18.3 Å². The molecular weight excluding hydrogens is 603 g/mol. The van der Waals surface area contributed by atoms with Crippen LogP contribution in [0.5, 0.6) is 0 Å². The van der Waals surface area contributed by atoms with Crippen molar-refractivity contribution in [2.75, 3.05) is 25.4 Å². The van der Waals surface area contributed by atoms with Crippen molar-refractivity contribution in [2.24, 2.45) is 50.7 Å². The van der Waals surface area contributed by atoms with Gasteiger partial charge in [0.05, 0.1) is 24.2 Å². The van der Waals surface area contributed by atoms with Crippen LogP contribution in [0.3, 0.4) is 0 Å². The van der Waals surface area contributed by atoms with Crippen LogP contribution < -0.4 is 0 Å². The average Bonchev–Trinajstić information content (AvgIpc) is 3.30. The molecule has 1 aliphatic heterocycles. The summed E-state index contributed by atoms with van der Waals surface area (Å²) < 4.78 is 6.52. The number of carbonyl (C=O) groups is 2. The summed E-state index contributed by atoms with van der Waals surface area (Å²) in [6.45, 7) is 25.7. The lowest BCUT2D eigenvalue weighted by Gasteiger charge is -2.72. The number of aliphatic hydroxyl groups is 1. The highest BCUT2D eigenvalue weighted by Gasteiger charge is 2.71. The summed E-state index contributed by atoms with van der Waals surface area (Å²) in [7, 11) is 0. The van der Waals surface area contributed by atoms with Gasteiger partial charge in [0.2, 0.25) is 5.91 Å². The number of likely N-dealkylation sites (tertiary alicyclic amines) is 1. The zero-order valence-corrected chi connectivity index (χ0v) is 32.4. The molecule has 6 rings (SSSR count). The zero-order valence-electron chi connectivity index (χ0n) is 31.6. The number of fused-ring (bicyclic) bond motifs is 7. The lowest BCUT2D eigenvalue weighted by molar-refractivity contribution is -0.228. The van der Waals surface area contributed by atoms with Gasteiger partial charge in [-0.25, -0.2) is 0 Å². The predicted molar refractivity (Wildman–Crippen MR) is 193 cm³/mol. The highest BCUT2D eigenvalue weighted by molar-refractivity contribution is 8.00. The zero-order chi connectivity index (χ0) is 34.4. The lowest BCUT2D eigenvalue weighted by Crippen LogP contribution is -2.66. The van der Waals surface area contributed by atoms with E-state index in [1.54, 1.807) is 0 Å². The van der Waals surface area contributed by atoms with E-state index in [1.807, 2.05) is 11.8 Å². The SMILES string of the molecule is CC(C)C1=C2C3CCC4[C@@]5(C)CC[C@H](O)C(C)(C)C5CC[C@@]4(C)[C@]3(C)CC[C@@]2(C(=O)N2CCC(OCCSC(C)(C)C)CC2)CC1=O. The first kappa shape index (κ1) is 36.0. The van der Waals surface area contributed by atoms with Crippen LogP contribution in [0.4, 0.5) is 0 Å². The number of aliphatic hydroxyl groups excluding tert-OH is 1. The van der Waals surface area contributed by atoms with Crippen LogP contribution in [-0.4, -0.2) is 64.1 Å². The number of amides is 1. The number of carbonyl (C=O) groups excluding carboxylic acids is 2. The summed E-state index contributed by atoms with van der Waals surface area (Å²) in [6, 6.07) is 0. The molecule has 1 heterocycles. The average molecular weight is 670 g/mol. The van der Waals surface area contributed by atoms with E-state index in [2.05, 4.69) is 74.1 Å². The number of ketones is 1. The topological polar surface area (TPSA) is 66.8 Å². The molecule has 6 aliphatic rings. The van der Waals surface area contributed by atoms with Crippen LogP contribution >= 0.6 is 11.8 Å². The van der Waals surface area contributed by atoms with Crippen LogP contribution in [0.25, 0.3) is 0 Å². The second-order valence-corrected chi connectivity index (χ2v) is 21.4. The molecule has 0 spiro atoms. The highest BCUT2D eigenvalue weighted by Crippen LogP contribution is 2.76. The largest absolute Gasteiger partial charge is 0.393 e. The van der Waals surface area contributed by atoms with E-state index in [0.717, 1.165) is 76.0 Å². The van der Waals surface area contributed by atoms with Gasteiger partial charge in [0.25, 0.3) is 0 Å². The molecule has 5 nitrogen and oxygen atoms in total. The molecule has 1 N–H and O–H groups in total. The molecule has 5 fully saturated rings. The molecule has 0 bridgehead atoms. The summed E-state index contributed by atoms with van der Waals surface area (Å²) in [5.74, 6) is 3.04.